The summed E-state index contributed by atoms with van der Waals surface area (Å²) in [4.78, 5) is 20.7. The summed E-state index contributed by atoms with van der Waals surface area (Å²) in [6.45, 7) is 3.49. The van der Waals surface area contributed by atoms with Crippen LogP contribution in [0, 0.1) is 5.92 Å². The van der Waals surface area contributed by atoms with E-state index in [0.717, 1.165) is 6.08 Å². The van der Waals surface area contributed by atoms with Crippen molar-refractivity contribution in [2.24, 2.45) is 5.92 Å². The Morgan fingerprint density at radius 3 is 2.17 bits per heavy atom. The quantitative estimate of drug-likeness (QED) is 0.623. The summed E-state index contributed by atoms with van der Waals surface area (Å²) in [5, 5.41) is 16.9. The van der Waals surface area contributed by atoms with Crippen molar-refractivity contribution in [1.29, 1.82) is 0 Å². The molecule has 2 N–H and O–H groups in total. The monoisotopic (exact) mass is 172 g/mol. The van der Waals surface area contributed by atoms with Gasteiger partial charge in [0.25, 0.3) is 0 Å². The van der Waals surface area contributed by atoms with Crippen LogP contribution >= 0.6 is 0 Å². The molecule has 0 radical (unpaired) electrons. The molecule has 0 aliphatic carbocycles. The van der Waals surface area contributed by atoms with Gasteiger partial charge in [-0.05, 0) is 12.3 Å². The minimum Gasteiger partial charge on any atom is -0.478 e. The highest BCUT2D eigenvalue weighted by Crippen LogP contribution is 2.13. The molecule has 0 unspecified atom stereocenters. The van der Waals surface area contributed by atoms with Crippen LogP contribution < -0.4 is 0 Å². The number of carboxylic acid groups (broad SMARTS) is 2. The van der Waals surface area contributed by atoms with Gasteiger partial charge in [-0.1, -0.05) is 13.8 Å². The summed E-state index contributed by atoms with van der Waals surface area (Å²) in [7, 11) is 0. The third kappa shape index (κ3) is 3.18. The van der Waals surface area contributed by atoms with Gasteiger partial charge in [-0.15, -0.1) is 0 Å². The third-order valence-electron chi connectivity index (χ3n) is 1.67. The van der Waals surface area contributed by atoms with Gasteiger partial charge in [0.2, 0.25) is 0 Å². The zero-order chi connectivity index (χ0) is 9.72. The molecule has 0 saturated carbocycles. The number of carbonyl (C=O) groups is 2. The van der Waals surface area contributed by atoms with E-state index in [-0.39, 0.29) is 11.5 Å². The van der Waals surface area contributed by atoms with Crippen molar-refractivity contribution in [3.8, 4) is 0 Å². The van der Waals surface area contributed by atoms with Crippen LogP contribution in [0.1, 0.15) is 20.3 Å². The van der Waals surface area contributed by atoms with Gasteiger partial charge in [-0.2, -0.15) is 0 Å². The van der Waals surface area contributed by atoms with E-state index in [0.29, 0.717) is 6.42 Å². The Morgan fingerprint density at radius 2 is 1.92 bits per heavy atom. The van der Waals surface area contributed by atoms with Crippen LogP contribution in [0.2, 0.25) is 0 Å². The Kier molecular flexibility index (Phi) is 4.04. The van der Waals surface area contributed by atoms with Crippen molar-refractivity contribution in [2.45, 2.75) is 20.3 Å². The minimum absolute atomic E-state index is 0.0509. The van der Waals surface area contributed by atoms with E-state index in [9.17, 15) is 9.59 Å². The first-order valence-electron chi connectivity index (χ1n) is 3.66. The molecule has 0 spiro atoms. The second kappa shape index (κ2) is 4.54. The van der Waals surface area contributed by atoms with Gasteiger partial charge in [0, 0.05) is 11.6 Å². The molecule has 0 aromatic heterocycles. The molecule has 0 aliphatic heterocycles. The van der Waals surface area contributed by atoms with Gasteiger partial charge in [0.15, 0.2) is 0 Å². The number of hydrogen-bond acceptors (Lipinski definition) is 2. The van der Waals surface area contributed by atoms with Crippen LogP contribution in [0.3, 0.4) is 0 Å². The Morgan fingerprint density at radius 1 is 1.42 bits per heavy atom. The average Bonchev–Trinajstić information content (AvgIpc) is 1.98. The SMILES string of the molecule is CC[C@@H](C)/C(=C\C(=O)O)C(=O)O. The maximum atomic E-state index is 10.5. The Labute approximate surface area is 70.5 Å². The van der Waals surface area contributed by atoms with Gasteiger partial charge in [0.1, 0.15) is 0 Å². The predicted molar refractivity (Wildman–Crippen MR) is 42.8 cm³/mol. The molecular formula is C8H12O4. The lowest BCUT2D eigenvalue weighted by atomic mass is 9.98. The first kappa shape index (κ1) is 10.7. The van der Waals surface area contributed by atoms with Crippen LogP contribution in [-0.2, 0) is 9.59 Å². The molecule has 0 aliphatic rings. The largest absolute Gasteiger partial charge is 0.478 e. The molecule has 4 nitrogen and oxygen atoms in total. The normalized spacial score (nSPS) is 14.0. The molecule has 0 amide bonds. The lowest BCUT2D eigenvalue weighted by Gasteiger charge is -2.07. The molecular weight excluding hydrogens is 160 g/mol. The van der Waals surface area contributed by atoms with Crippen LogP contribution in [0.25, 0.3) is 0 Å². The van der Waals surface area contributed by atoms with Gasteiger partial charge in [-0.25, -0.2) is 9.59 Å². The van der Waals surface area contributed by atoms with Crippen LogP contribution in [0.4, 0.5) is 0 Å². The van der Waals surface area contributed by atoms with Gasteiger partial charge >= 0.3 is 11.9 Å². The van der Waals surface area contributed by atoms with E-state index in [1.165, 1.54) is 0 Å². The molecule has 0 aromatic rings. The lowest BCUT2D eigenvalue weighted by Crippen LogP contribution is -2.11. The summed E-state index contributed by atoms with van der Waals surface area (Å²) >= 11 is 0. The molecule has 0 heterocycles. The van der Waals surface area contributed by atoms with Crippen LogP contribution in [-0.4, -0.2) is 22.2 Å². The molecule has 4 heteroatoms. The van der Waals surface area contributed by atoms with Crippen molar-refractivity contribution in [3.63, 3.8) is 0 Å². The standard InChI is InChI=1S/C8H12O4/c1-3-5(2)6(8(11)12)4-7(9)10/h4-5H,3H2,1-2H3,(H,9,10)(H,11,12)/b6-4+/t5-/m1/s1. The Balaban J connectivity index is 4.66. The number of aliphatic carboxylic acids is 2. The second-order valence-electron chi connectivity index (χ2n) is 2.55. The zero-order valence-corrected chi connectivity index (χ0v) is 7.07. The van der Waals surface area contributed by atoms with Gasteiger partial charge in [0.05, 0.1) is 0 Å². The summed E-state index contributed by atoms with van der Waals surface area (Å²) in [6.07, 6.45) is 1.36. The molecule has 0 saturated heterocycles. The topological polar surface area (TPSA) is 74.6 Å². The molecule has 0 fully saturated rings. The van der Waals surface area contributed by atoms with E-state index in [1.807, 2.05) is 6.92 Å². The first-order valence-corrected chi connectivity index (χ1v) is 3.66. The maximum Gasteiger partial charge on any atom is 0.332 e. The third-order valence-corrected chi connectivity index (χ3v) is 1.67. The average molecular weight is 172 g/mol. The highest BCUT2D eigenvalue weighted by atomic mass is 16.4. The smallest absolute Gasteiger partial charge is 0.332 e. The number of carboxylic acids is 2. The highest BCUT2D eigenvalue weighted by molar-refractivity contribution is 5.94. The fourth-order valence-corrected chi connectivity index (χ4v) is 0.768. The molecule has 0 rings (SSSR count). The van der Waals surface area contributed by atoms with Crippen molar-refractivity contribution in [2.75, 3.05) is 0 Å². The summed E-state index contributed by atoms with van der Waals surface area (Å²) in [6, 6.07) is 0. The number of hydrogen-bond donors (Lipinski definition) is 2. The van der Waals surface area contributed by atoms with E-state index in [1.54, 1.807) is 6.92 Å². The Bertz CT molecular complexity index is 217. The van der Waals surface area contributed by atoms with Crippen LogP contribution in [0.15, 0.2) is 11.6 Å². The fourth-order valence-electron chi connectivity index (χ4n) is 0.768. The van der Waals surface area contributed by atoms with Crippen molar-refractivity contribution in [3.05, 3.63) is 11.6 Å². The van der Waals surface area contributed by atoms with E-state index < -0.39 is 11.9 Å². The molecule has 0 bridgehead atoms. The molecule has 68 valence electrons. The van der Waals surface area contributed by atoms with Crippen molar-refractivity contribution < 1.29 is 19.8 Å². The summed E-state index contributed by atoms with van der Waals surface area (Å²) < 4.78 is 0. The van der Waals surface area contributed by atoms with Gasteiger partial charge in [-0.3, -0.25) is 0 Å². The minimum atomic E-state index is -1.22. The van der Waals surface area contributed by atoms with E-state index in [4.69, 9.17) is 10.2 Å². The Hall–Kier alpha value is -1.32. The van der Waals surface area contributed by atoms with Gasteiger partial charge < -0.3 is 10.2 Å². The fraction of sp³-hybridized carbons (Fsp3) is 0.500. The highest BCUT2D eigenvalue weighted by Gasteiger charge is 2.15. The number of rotatable bonds is 4. The predicted octanol–water partition coefficient (Wildman–Crippen LogP) is 1.13. The summed E-state index contributed by atoms with van der Waals surface area (Å²) in [5.41, 5.74) is -0.0509. The van der Waals surface area contributed by atoms with Crippen molar-refractivity contribution >= 4 is 11.9 Å². The maximum absolute atomic E-state index is 10.5. The van der Waals surface area contributed by atoms with Crippen molar-refractivity contribution in [1.82, 2.24) is 0 Å². The zero-order valence-electron chi connectivity index (χ0n) is 7.07. The lowest BCUT2D eigenvalue weighted by molar-refractivity contribution is -0.135. The first-order chi connectivity index (χ1) is 5.49. The second-order valence-corrected chi connectivity index (χ2v) is 2.55. The molecule has 0 aromatic carbocycles. The molecule has 1 atom stereocenters. The van der Waals surface area contributed by atoms with Crippen LogP contribution in [0.5, 0.6) is 0 Å². The van der Waals surface area contributed by atoms with E-state index >= 15 is 0 Å². The summed E-state index contributed by atoms with van der Waals surface area (Å²) in [5.74, 6) is -2.60. The van der Waals surface area contributed by atoms with E-state index in [2.05, 4.69) is 0 Å². The molecule has 12 heavy (non-hydrogen) atoms.